The Bertz CT molecular complexity index is 430. The number of rotatable bonds is 6. The number of amides is 1. The van der Waals surface area contributed by atoms with Gasteiger partial charge in [0.1, 0.15) is 0 Å². The molecule has 108 valence electrons. The second-order valence-corrected chi connectivity index (χ2v) is 6.30. The van der Waals surface area contributed by atoms with Gasteiger partial charge in [0.05, 0.1) is 22.2 Å². The summed E-state index contributed by atoms with van der Waals surface area (Å²) >= 11 is 1.64. The Hall–Kier alpha value is -0.940. The molecule has 0 aliphatic heterocycles. The van der Waals surface area contributed by atoms with Crippen LogP contribution in [0.15, 0.2) is 0 Å². The SMILES string of the molecule is CCC(CC)(CN)C(=O)NC(C)c1sc(C)nc1C. The van der Waals surface area contributed by atoms with Gasteiger partial charge in [-0.05, 0) is 33.6 Å². The minimum Gasteiger partial charge on any atom is -0.348 e. The first-order valence-electron chi connectivity index (χ1n) is 6.85. The van der Waals surface area contributed by atoms with Crippen LogP contribution in [0.5, 0.6) is 0 Å². The molecule has 4 nitrogen and oxygen atoms in total. The highest BCUT2D eigenvalue weighted by atomic mass is 32.1. The average molecular weight is 283 g/mol. The van der Waals surface area contributed by atoms with Gasteiger partial charge in [0.2, 0.25) is 5.91 Å². The minimum absolute atomic E-state index is 0.0114. The molecule has 1 aromatic heterocycles. The largest absolute Gasteiger partial charge is 0.348 e. The minimum atomic E-state index is -0.443. The Balaban J connectivity index is 2.84. The van der Waals surface area contributed by atoms with Gasteiger partial charge in [-0.1, -0.05) is 13.8 Å². The summed E-state index contributed by atoms with van der Waals surface area (Å²) in [5, 5.41) is 4.13. The van der Waals surface area contributed by atoms with Crippen molar-refractivity contribution >= 4 is 17.2 Å². The number of aryl methyl sites for hydroxylation is 2. The fourth-order valence-corrected chi connectivity index (χ4v) is 3.25. The van der Waals surface area contributed by atoms with Crippen molar-refractivity contribution in [3.8, 4) is 0 Å². The molecule has 1 aromatic rings. The van der Waals surface area contributed by atoms with E-state index in [0.717, 1.165) is 28.4 Å². The molecule has 3 N–H and O–H groups in total. The van der Waals surface area contributed by atoms with E-state index in [4.69, 9.17) is 5.73 Å². The zero-order valence-electron chi connectivity index (χ0n) is 12.5. The van der Waals surface area contributed by atoms with E-state index in [9.17, 15) is 4.79 Å². The summed E-state index contributed by atoms with van der Waals surface area (Å²) in [6.45, 7) is 10.4. The second-order valence-electron chi connectivity index (χ2n) is 5.07. The third-order valence-electron chi connectivity index (χ3n) is 3.91. The molecule has 5 heteroatoms. The van der Waals surface area contributed by atoms with E-state index in [2.05, 4.69) is 10.3 Å². The second kappa shape index (κ2) is 6.48. The Morgan fingerprint density at radius 2 is 2.00 bits per heavy atom. The van der Waals surface area contributed by atoms with E-state index in [1.54, 1.807) is 11.3 Å². The first-order chi connectivity index (χ1) is 8.90. The van der Waals surface area contributed by atoms with Gasteiger partial charge in [-0.2, -0.15) is 0 Å². The highest BCUT2D eigenvalue weighted by molar-refractivity contribution is 7.11. The first kappa shape index (κ1) is 16.1. The van der Waals surface area contributed by atoms with Crippen molar-refractivity contribution in [3.63, 3.8) is 0 Å². The summed E-state index contributed by atoms with van der Waals surface area (Å²) in [4.78, 5) is 18.0. The van der Waals surface area contributed by atoms with Crippen LogP contribution < -0.4 is 11.1 Å². The number of nitrogens with zero attached hydrogens (tertiary/aromatic N) is 1. The smallest absolute Gasteiger partial charge is 0.227 e. The molecular weight excluding hydrogens is 258 g/mol. The van der Waals surface area contributed by atoms with Crippen LogP contribution in [0.3, 0.4) is 0 Å². The molecule has 0 aromatic carbocycles. The van der Waals surface area contributed by atoms with Crippen molar-refractivity contribution in [2.24, 2.45) is 11.1 Å². The zero-order valence-corrected chi connectivity index (χ0v) is 13.4. The maximum atomic E-state index is 12.5. The Kier molecular flexibility index (Phi) is 5.50. The molecule has 1 rings (SSSR count). The Morgan fingerprint density at radius 1 is 1.42 bits per heavy atom. The standard InChI is InChI=1S/C14H25N3OS/c1-6-14(7-2,8-15)13(18)17-10(4)12-9(3)16-11(5)19-12/h10H,6-8,15H2,1-5H3,(H,17,18). The van der Waals surface area contributed by atoms with Gasteiger partial charge in [0, 0.05) is 11.4 Å². The van der Waals surface area contributed by atoms with Crippen LogP contribution in [0.2, 0.25) is 0 Å². The predicted octanol–water partition coefficient (Wildman–Crippen LogP) is 2.70. The van der Waals surface area contributed by atoms with E-state index < -0.39 is 5.41 Å². The fraction of sp³-hybridized carbons (Fsp3) is 0.714. The number of hydrogen-bond donors (Lipinski definition) is 2. The van der Waals surface area contributed by atoms with E-state index in [1.165, 1.54) is 0 Å². The number of carbonyl (C=O) groups is 1. The monoisotopic (exact) mass is 283 g/mol. The fourth-order valence-electron chi connectivity index (χ4n) is 2.32. The molecule has 0 aliphatic carbocycles. The highest BCUT2D eigenvalue weighted by Gasteiger charge is 2.34. The number of thiazole rings is 1. The summed E-state index contributed by atoms with van der Waals surface area (Å²) in [5.41, 5.74) is 6.37. The van der Waals surface area contributed by atoms with Gasteiger partial charge in [-0.3, -0.25) is 4.79 Å². The molecule has 0 radical (unpaired) electrons. The number of aromatic nitrogens is 1. The molecule has 1 atom stereocenters. The zero-order chi connectivity index (χ0) is 14.6. The molecule has 19 heavy (non-hydrogen) atoms. The van der Waals surface area contributed by atoms with Gasteiger partial charge in [-0.15, -0.1) is 11.3 Å². The van der Waals surface area contributed by atoms with Crippen LogP contribution in [-0.4, -0.2) is 17.4 Å². The maximum Gasteiger partial charge on any atom is 0.227 e. The molecule has 1 heterocycles. The first-order valence-corrected chi connectivity index (χ1v) is 7.66. The Labute approximate surface area is 119 Å². The number of carbonyl (C=O) groups excluding carboxylic acids is 1. The predicted molar refractivity (Wildman–Crippen MR) is 80.2 cm³/mol. The van der Waals surface area contributed by atoms with E-state index in [-0.39, 0.29) is 11.9 Å². The Morgan fingerprint density at radius 3 is 2.37 bits per heavy atom. The highest BCUT2D eigenvalue weighted by Crippen LogP contribution is 2.29. The lowest BCUT2D eigenvalue weighted by molar-refractivity contribution is -0.131. The summed E-state index contributed by atoms with van der Waals surface area (Å²) in [6, 6.07) is -0.0114. The summed E-state index contributed by atoms with van der Waals surface area (Å²) in [6.07, 6.45) is 1.53. The molecule has 0 fully saturated rings. The van der Waals surface area contributed by atoms with Crippen LogP contribution in [0.1, 0.15) is 55.2 Å². The summed E-state index contributed by atoms with van der Waals surface area (Å²) in [5.74, 6) is 0.0537. The van der Waals surface area contributed by atoms with Crippen LogP contribution in [0.25, 0.3) is 0 Å². The summed E-state index contributed by atoms with van der Waals surface area (Å²) in [7, 11) is 0. The topological polar surface area (TPSA) is 68.0 Å². The van der Waals surface area contributed by atoms with Crippen molar-refractivity contribution in [1.29, 1.82) is 0 Å². The van der Waals surface area contributed by atoms with E-state index >= 15 is 0 Å². The molecule has 0 spiro atoms. The molecular formula is C14H25N3OS. The molecule has 0 saturated heterocycles. The van der Waals surface area contributed by atoms with E-state index in [1.807, 2.05) is 34.6 Å². The van der Waals surface area contributed by atoms with Crippen molar-refractivity contribution < 1.29 is 4.79 Å². The molecule has 0 bridgehead atoms. The number of nitrogens with one attached hydrogen (secondary N) is 1. The normalized spacial score (nSPS) is 13.4. The number of hydrogen-bond acceptors (Lipinski definition) is 4. The van der Waals surface area contributed by atoms with Crippen LogP contribution >= 0.6 is 11.3 Å². The van der Waals surface area contributed by atoms with E-state index in [0.29, 0.717) is 6.54 Å². The van der Waals surface area contributed by atoms with Crippen molar-refractivity contribution in [2.75, 3.05) is 6.54 Å². The lowest BCUT2D eigenvalue weighted by atomic mass is 9.81. The van der Waals surface area contributed by atoms with Crippen LogP contribution in [0, 0.1) is 19.3 Å². The maximum absolute atomic E-state index is 12.5. The third kappa shape index (κ3) is 3.34. The molecule has 0 saturated carbocycles. The molecule has 1 unspecified atom stereocenters. The van der Waals surface area contributed by atoms with Gasteiger partial charge in [0.15, 0.2) is 0 Å². The lowest BCUT2D eigenvalue weighted by Crippen LogP contribution is -2.46. The lowest BCUT2D eigenvalue weighted by Gasteiger charge is -2.30. The third-order valence-corrected chi connectivity index (χ3v) is 5.16. The quantitative estimate of drug-likeness (QED) is 0.843. The van der Waals surface area contributed by atoms with Gasteiger partial charge in [-0.25, -0.2) is 4.98 Å². The van der Waals surface area contributed by atoms with Crippen molar-refractivity contribution in [2.45, 2.75) is 53.5 Å². The number of nitrogens with two attached hydrogens (primary N) is 1. The van der Waals surface area contributed by atoms with Crippen molar-refractivity contribution in [1.82, 2.24) is 10.3 Å². The summed E-state index contributed by atoms with van der Waals surface area (Å²) < 4.78 is 0. The van der Waals surface area contributed by atoms with Gasteiger partial charge >= 0.3 is 0 Å². The molecule has 1 amide bonds. The van der Waals surface area contributed by atoms with Crippen molar-refractivity contribution in [3.05, 3.63) is 15.6 Å². The molecule has 0 aliphatic rings. The van der Waals surface area contributed by atoms with Gasteiger partial charge in [0.25, 0.3) is 0 Å². The van der Waals surface area contributed by atoms with Gasteiger partial charge < -0.3 is 11.1 Å². The van der Waals surface area contributed by atoms with Crippen LogP contribution in [-0.2, 0) is 4.79 Å². The average Bonchev–Trinajstić information content (AvgIpc) is 2.71. The van der Waals surface area contributed by atoms with Crippen LogP contribution in [0.4, 0.5) is 0 Å².